The van der Waals surface area contributed by atoms with Crippen molar-refractivity contribution in [2.75, 3.05) is 0 Å². The Hall–Kier alpha value is -1.74. The largest absolute Gasteiger partial charge is 0.276 e. The maximum atomic E-state index is 13.6. The Balaban J connectivity index is 2.73. The van der Waals surface area contributed by atoms with Gasteiger partial charge in [-0.15, -0.1) is 0 Å². The van der Waals surface area contributed by atoms with Crippen LogP contribution in [0.1, 0.15) is 10.4 Å². The van der Waals surface area contributed by atoms with E-state index in [1.807, 2.05) is 0 Å². The van der Waals surface area contributed by atoms with E-state index < -0.39 is 16.9 Å². The second-order valence-electron chi connectivity index (χ2n) is 3.42. The molecule has 0 amide bonds. The van der Waals surface area contributed by atoms with Gasteiger partial charge in [-0.25, -0.2) is 8.78 Å². The molecule has 0 heterocycles. The fourth-order valence-electron chi connectivity index (χ4n) is 1.63. The van der Waals surface area contributed by atoms with E-state index >= 15 is 0 Å². The van der Waals surface area contributed by atoms with Gasteiger partial charge in [-0.3, -0.25) is 4.79 Å². The van der Waals surface area contributed by atoms with Crippen molar-refractivity contribution < 1.29 is 13.6 Å². The summed E-state index contributed by atoms with van der Waals surface area (Å²) in [6.45, 7) is 0. The number of rotatable bonds is 2. The van der Waals surface area contributed by atoms with Crippen LogP contribution < -0.4 is 0 Å². The van der Waals surface area contributed by atoms with E-state index in [1.165, 1.54) is 18.2 Å². The minimum atomic E-state index is -0.747. The van der Waals surface area contributed by atoms with Gasteiger partial charge in [-0.2, -0.15) is 0 Å². The number of carbonyl (C=O) groups excluding carboxylic acids is 1. The van der Waals surface area contributed by atoms with Gasteiger partial charge in [0.15, 0.2) is 0 Å². The van der Waals surface area contributed by atoms with Crippen LogP contribution in [0.2, 0.25) is 0 Å². The maximum Gasteiger partial charge on any atom is 0.253 e. The van der Waals surface area contributed by atoms with E-state index in [-0.39, 0.29) is 16.7 Å². The molecule has 0 bridgehead atoms. The third kappa shape index (κ3) is 2.19. The van der Waals surface area contributed by atoms with Crippen molar-refractivity contribution in [2.45, 2.75) is 0 Å². The zero-order chi connectivity index (χ0) is 12.4. The molecule has 17 heavy (non-hydrogen) atoms. The van der Waals surface area contributed by atoms with Crippen molar-refractivity contribution in [3.05, 3.63) is 59.7 Å². The Kier molecular flexibility index (Phi) is 3.20. The molecule has 4 heteroatoms. The fraction of sp³-hybridized carbons (Fsp3) is 0. The summed E-state index contributed by atoms with van der Waals surface area (Å²) in [7, 11) is 0. The molecule has 0 unspecified atom stereocenters. The monoisotopic (exact) mass is 252 g/mol. The minimum Gasteiger partial charge on any atom is -0.276 e. The molecular formula is C13H7ClF2O. The van der Waals surface area contributed by atoms with Crippen LogP contribution in [0.4, 0.5) is 8.78 Å². The number of hydrogen-bond donors (Lipinski definition) is 0. The molecule has 0 aliphatic rings. The lowest BCUT2D eigenvalue weighted by Gasteiger charge is -2.08. The van der Waals surface area contributed by atoms with E-state index in [1.54, 1.807) is 12.1 Å². The van der Waals surface area contributed by atoms with Gasteiger partial charge < -0.3 is 0 Å². The third-order valence-electron chi connectivity index (χ3n) is 2.37. The molecule has 0 aromatic heterocycles. The summed E-state index contributed by atoms with van der Waals surface area (Å²) in [6.07, 6.45) is 0. The van der Waals surface area contributed by atoms with Gasteiger partial charge in [0.2, 0.25) is 0 Å². The summed E-state index contributed by atoms with van der Waals surface area (Å²) in [5.41, 5.74) is -0.00151. The van der Waals surface area contributed by atoms with Crippen LogP contribution in [-0.2, 0) is 0 Å². The number of benzene rings is 2. The highest BCUT2D eigenvalue weighted by molar-refractivity contribution is 6.68. The standard InChI is InChI=1S/C13H7ClF2O/c14-13(17)9-5-2-1-4-8(9)12-10(15)6-3-7-11(12)16/h1-7H. The highest BCUT2D eigenvalue weighted by atomic mass is 35.5. The quantitative estimate of drug-likeness (QED) is 0.738. The molecule has 2 aromatic rings. The minimum absolute atomic E-state index is 0.0816. The van der Waals surface area contributed by atoms with Gasteiger partial charge in [-0.05, 0) is 35.4 Å². The zero-order valence-corrected chi connectivity index (χ0v) is 9.34. The third-order valence-corrected chi connectivity index (χ3v) is 2.57. The van der Waals surface area contributed by atoms with Crippen LogP contribution in [-0.4, -0.2) is 5.24 Å². The molecule has 0 fully saturated rings. The Bertz CT molecular complexity index is 561. The van der Waals surface area contributed by atoms with Crippen molar-refractivity contribution in [3.8, 4) is 11.1 Å². The molecule has 86 valence electrons. The average molecular weight is 253 g/mol. The summed E-state index contributed by atoms with van der Waals surface area (Å²) in [5, 5.41) is -0.747. The first kappa shape index (κ1) is 11.7. The predicted octanol–water partition coefficient (Wildman–Crippen LogP) is 4.01. The van der Waals surface area contributed by atoms with E-state index in [2.05, 4.69) is 0 Å². The summed E-state index contributed by atoms with van der Waals surface area (Å²) in [6, 6.07) is 9.58. The SMILES string of the molecule is O=C(Cl)c1ccccc1-c1c(F)cccc1F. The molecule has 0 saturated heterocycles. The summed E-state index contributed by atoms with van der Waals surface area (Å²) in [4.78, 5) is 11.2. The number of halogens is 3. The van der Waals surface area contributed by atoms with Gasteiger partial charge in [0, 0.05) is 5.56 Å². The Morgan fingerprint density at radius 3 is 2.12 bits per heavy atom. The van der Waals surface area contributed by atoms with Crippen molar-refractivity contribution in [2.24, 2.45) is 0 Å². The van der Waals surface area contributed by atoms with Crippen LogP contribution in [0.25, 0.3) is 11.1 Å². The second kappa shape index (κ2) is 4.63. The lowest BCUT2D eigenvalue weighted by atomic mass is 9.99. The molecule has 0 aliphatic heterocycles. The predicted molar refractivity (Wildman–Crippen MR) is 62.0 cm³/mol. The van der Waals surface area contributed by atoms with E-state index in [4.69, 9.17) is 11.6 Å². The topological polar surface area (TPSA) is 17.1 Å². The maximum absolute atomic E-state index is 13.6. The molecule has 0 radical (unpaired) electrons. The molecule has 1 nitrogen and oxygen atoms in total. The van der Waals surface area contributed by atoms with Gasteiger partial charge in [0.25, 0.3) is 5.24 Å². The highest BCUT2D eigenvalue weighted by Crippen LogP contribution is 2.29. The van der Waals surface area contributed by atoms with E-state index in [0.29, 0.717) is 0 Å². The highest BCUT2D eigenvalue weighted by Gasteiger charge is 2.16. The first-order chi connectivity index (χ1) is 8.11. The van der Waals surface area contributed by atoms with Crippen molar-refractivity contribution in [3.63, 3.8) is 0 Å². The smallest absolute Gasteiger partial charge is 0.253 e. The molecule has 0 N–H and O–H groups in total. The summed E-state index contributed by atoms with van der Waals surface area (Å²) < 4.78 is 27.2. The summed E-state index contributed by atoms with van der Waals surface area (Å²) in [5.74, 6) is -1.45. The molecule has 2 rings (SSSR count). The Labute approximate surface area is 102 Å². The lowest BCUT2D eigenvalue weighted by Crippen LogP contribution is -1.97. The average Bonchev–Trinajstić information content (AvgIpc) is 2.29. The Morgan fingerprint density at radius 1 is 0.941 bits per heavy atom. The first-order valence-electron chi connectivity index (χ1n) is 4.84. The molecule has 2 aromatic carbocycles. The van der Waals surface area contributed by atoms with Gasteiger partial charge >= 0.3 is 0 Å². The normalized spacial score (nSPS) is 10.3. The molecular weight excluding hydrogens is 246 g/mol. The second-order valence-corrected chi connectivity index (χ2v) is 3.76. The van der Waals surface area contributed by atoms with Crippen molar-refractivity contribution >= 4 is 16.8 Å². The van der Waals surface area contributed by atoms with Crippen molar-refractivity contribution in [1.29, 1.82) is 0 Å². The van der Waals surface area contributed by atoms with Crippen LogP contribution in [0.3, 0.4) is 0 Å². The van der Waals surface area contributed by atoms with Gasteiger partial charge in [-0.1, -0.05) is 24.3 Å². The van der Waals surface area contributed by atoms with Crippen molar-refractivity contribution in [1.82, 2.24) is 0 Å². The zero-order valence-electron chi connectivity index (χ0n) is 8.58. The van der Waals surface area contributed by atoms with Crippen LogP contribution in [0.15, 0.2) is 42.5 Å². The van der Waals surface area contributed by atoms with Gasteiger partial charge in [0.1, 0.15) is 11.6 Å². The van der Waals surface area contributed by atoms with Crippen LogP contribution in [0, 0.1) is 11.6 Å². The Morgan fingerprint density at radius 2 is 1.53 bits per heavy atom. The van der Waals surface area contributed by atoms with Crippen LogP contribution >= 0.6 is 11.6 Å². The van der Waals surface area contributed by atoms with Crippen LogP contribution in [0.5, 0.6) is 0 Å². The molecule has 0 aliphatic carbocycles. The molecule has 0 atom stereocenters. The lowest BCUT2D eigenvalue weighted by molar-refractivity contribution is 0.108. The molecule has 0 spiro atoms. The molecule has 0 saturated carbocycles. The first-order valence-corrected chi connectivity index (χ1v) is 5.22. The van der Waals surface area contributed by atoms with E-state index in [9.17, 15) is 13.6 Å². The van der Waals surface area contributed by atoms with Gasteiger partial charge in [0.05, 0.1) is 5.56 Å². The summed E-state index contributed by atoms with van der Waals surface area (Å²) >= 11 is 5.38. The number of carbonyl (C=O) groups is 1. The number of hydrogen-bond acceptors (Lipinski definition) is 1. The van der Waals surface area contributed by atoms with E-state index in [0.717, 1.165) is 12.1 Å². The fourth-order valence-corrected chi connectivity index (χ4v) is 1.79.